The number of halogens is 1. The molecule has 0 unspecified atom stereocenters. The number of para-hydroxylation sites is 1. The van der Waals surface area contributed by atoms with Gasteiger partial charge in [-0.1, -0.05) is 35.9 Å². The third kappa shape index (κ3) is 2.43. The average Bonchev–Trinajstić information content (AvgIpc) is 3.25. The van der Waals surface area contributed by atoms with Crippen LogP contribution in [0.15, 0.2) is 79.1 Å². The molecule has 0 atom stereocenters. The standard InChI is InChI=1S/C21H15ClN4/c22-14-8-10-15(11-9-14)24-21-20(25-19-7-3-4-12-26(19)21)17-13-23-18-6-2-1-5-16(17)18/h1-13,23-24H. The van der Waals surface area contributed by atoms with E-state index < -0.39 is 0 Å². The van der Waals surface area contributed by atoms with Crippen LogP contribution in [0.25, 0.3) is 27.8 Å². The number of nitrogens with zero attached hydrogens (tertiary/aromatic N) is 2. The van der Waals surface area contributed by atoms with Gasteiger partial charge in [0, 0.05) is 39.6 Å². The first-order chi connectivity index (χ1) is 12.8. The number of hydrogen-bond donors (Lipinski definition) is 2. The largest absolute Gasteiger partial charge is 0.360 e. The molecule has 3 heterocycles. The lowest BCUT2D eigenvalue weighted by molar-refractivity contribution is 1.18. The Morgan fingerprint density at radius 1 is 0.923 bits per heavy atom. The minimum Gasteiger partial charge on any atom is -0.360 e. The molecule has 3 aromatic heterocycles. The zero-order chi connectivity index (χ0) is 17.5. The molecule has 5 heteroatoms. The van der Waals surface area contributed by atoms with Crippen LogP contribution in [0.2, 0.25) is 5.02 Å². The third-order valence-corrected chi connectivity index (χ3v) is 4.73. The maximum atomic E-state index is 6.02. The number of aromatic amines is 1. The van der Waals surface area contributed by atoms with E-state index in [-0.39, 0.29) is 0 Å². The minimum absolute atomic E-state index is 0.713. The van der Waals surface area contributed by atoms with E-state index in [2.05, 4.69) is 26.8 Å². The number of fused-ring (bicyclic) bond motifs is 2. The molecule has 0 fully saturated rings. The monoisotopic (exact) mass is 358 g/mol. The number of imidazole rings is 1. The van der Waals surface area contributed by atoms with Gasteiger partial charge in [-0.05, 0) is 42.5 Å². The molecule has 0 radical (unpaired) electrons. The molecule has 0 aliphatic heterocycles. The number of hydrogen-bond acceptors (Lipinski definition) is 2. The number of rotatable bonds is 3. The first-order valence-electron chi connectivity index (χ1n) is 8.36. The molecule has 0 saturated heterocycles. The van der Waals surface area contributed by atoms with E-state index in [0.717, 1.165) is 39.3 Å². The quantitative estimate of drug-likeness (QED) is 0.423. The number of nitrogens with one attached hydrogen (secondary N) is 2. The summed E-state index contributed by atoms with van der Waals surface area (Å²) in [6.45, 7) is 0. The van der Waals surface area contributed by atoms with Crippen LogP contribution in [0.5, 0.6) is 0 Å². The van der Waals surface area contributed by atoms with Crippen molar-refractivity contribution in [3.05, 3.63) is 84.1 Å². The highest BCUT2D eigenvalue weighted by atomic mass is 35.5. The molecule has 0 aliphatic carbocycles. The molecule has 5 rings (SSSR count). The Balaban J connectivity index is 1.73. The minimum atomic E-state index is 0.713. The second-order valence-electron chi connectivity index (χ2n) is 6.12. The number of anilines is 2. The Hall–Kier alpha value is -3.24. The smallest absolute Gasteiger partial charge is 0.143 e. The van der Waals surface area contributed by atoms with E-state index in [4.69, 9.17) is 16.6 Å². The fraction of sp³-hybridized carbons (Fsp3) is 0. The predicted molar refractivity (Wildman–Crippen MR) is 107 cm³/mol. The van der Waals surface area contributed by atoms with Gasteiger partial charge in [0.25, 0.3) is 0 Å². The zero-order valence-corrected chi connectivity index (χ0v) is 14.5. The molecule has 4 nitrogen and oxygen atoms in total. The van der Waals surface area contributed by atoms with Gasteiger partial charge in [0.2, 0.25) is 0 Å². The van der Waals surface area contributed by atoms with Crippen LogP contribution in [0.4, 0.5) is 11.5 Å². The predicted octanol–water partition coefficient (Wildman–Crippen LogP) is 5.88. The number of aromatic nitrogens is 3. The maximum absolute atomic E-state index is 6.02. The van der Waals surface area contributed by atoms with Crippen molar-refractivity contribution >= 4 is 39.7 Å². The van der Waals surface area contributed by atoms with Crippen LogP contribution in [-0.2, 0) is 0 Å². The van der Waals surface area contributed by atoms with Gasteiger partial charge in [0.15, 0.2) is 0 Å². The van der Waals surface area contributed by atoms with Gasteiger partial charge in [-0.15, -0.1) is 0 Å². The van der Waals surface area contributed by atoms with E-state index >= 15 is 0 Å². The Kier molecular flexibility index (Phi) is 3.43. The summed E-state index contributed by atoms with van der Waals surface area (Å²) in [5.74, 6) is 0.924. The van der Waals surface area contributed by atoms with Gasteiger partial charge in [0.1, 0.15) is 17.2 Å². The second-order valence-corrected chi connectivity index (χ2v) is 6.55. The Bertz CT molecular complexity index is 1220. The van der Waals surface area contributed by atoms with E-state index in [1.54, 1.807) is 0 Å². The van der Waals surface area contributed by atoms with Crippen LogP contribution >= 0.6 is 11.6 Å². The van der Waals surface area contributed by atoms with Crippen molar-refractivity contribution in [2.45, 2.75) is 0 Å². The van der Waals surface area contributed by atoms with E-state index in [0.29, 0.717) is 5.02 Å². The SMILES string of the molecule is Clc1ccc(Nc2c(-c3c[nH]c4ccccc34)nc3ccccn23)cc1. The molecule has 5 aromatic rings. The Morgan fingerprint density at radius 2 is 1.73 bits per heavy atom. The molecule has 0 aliphatic rings. The molecule has 0 amide bonds. The summed E-state index contributed by atoms with van der Waals surface area (Å²) in [7, 11) is 0. The lowest BCUT2D eigenvalue weighted by atomic mass is 10.1. The van der Waals surface area contributed by atoms with Crippen molar-refractivity contribution in [3.63, 3.8) is 0 Å². The molecule has 26 heavy (non-hydrogen) atoms. The van der Waals surface area contributed by atoms with Crippen molar-refractivity contribution in [1.82, 2.24) is 14.4 Å². The van der Waals surface area contributed by atoms with E-state index in [1.165, 1.54) is 0 Å². The molecule has 0 saturated carbocycles. The highest BCUT2D eigenvalue weighted by Gasteiger charge is 2.17. The molecular weight excluding hydrogens is 344 g/mol. The van der Waals surface area contributed by atoms with Gasteiger partial charge in [-0.25, -0.2) is 4.98 Å². The Morgan fingerprint density at radius 3 is 2.62 bits per heavy atom. The number of H-pyrrole nitrogens is 1. The van der Waals surface area contributed by atoms with Crippen LogP contribution in [0.1, 0.15) is 0 Å². The summed E-state index contributed by atoms with van der Waals surface area (Å²) in [4.78, 5) is 8.21. The fourth-order valence-corrected chi connectivity index (χ4v) is 3.37. The highest BCUT2D eigenvalue weighted by molar-refractivity contribution is 6.30. The van der Waals surface area contributed by atoms with E-state index in [9.17, 15) is 0 Å². The normalized spacial score (nSPS) is 11.3. The summed E-state index contributed by atoms with van der Waals surface area (Å²) in [6.07, 6.45) is 4.03. The Labute approximate surface area is 155 Å². The fourth-order valence-electron chi connectivity index (χ4n) is 3.24. The zero-order valence-electron chi connectivity index (χ0n) is 13.8. The average molecular weight is 359 g/mol. The topological polar surface area (TPSA) is 45.1 Å². The first-order valence-corrected chi connectivity index (χ1v) is 8.73. The van der Waals surface area contributed by atoms with Crippen molar-refractivity contribution < 1.29 is 0 Å². The number of pyridine rings is 1. The molecule has 0 spiro atoms. The van der Waals surface area contributed by atoms with Crippen molar-refractivity contribution in [2.24, 2.45) is 0 Å². The lowest BCUT2D eigenvalue weighted by Gasteiger charge is -2.08. The van der Waals surface area contributed by atoms with Gasteiger partial charge < -0.3 is 10.3 Å². The van der Waals surface area contributed by atoms with Crippen LogP contribution < -0.4 is 5.32 Å². The van der Waals surface area contributed by atoms with Gasteiger partial charge in [0.05, 0.1) is 0 Å². The van der Waals surface area contributed by atoms with E-state index in [1.807, 2.05) is 67.0 Å². The summed E-state index contributed by atoms with van der Waals surface area (Å²) in [5, 5.41) is 5.37. The maximum Gasteiger partial charge on any atom is 0.143 e. The van der Waals surface area contributed by atoms with Crippen molar-refractivity contribution in [3.8, 4) is 11.3 Å². The molecule has 2 N–H and O–H groups in total. The first kappa shape index (κ1) is 15.0. The molecular formula is C21H15ClN4. The lowest BCUT2D eigenvalue weighted by Crippen LogP contribution is -1.96. The molecule has 126 valence electrons. The molecule has 0 bridgehead atoms. The number of benzene rings is 2. The summed E-state index contributed by atoms with van der Waals surface area (Å²) < 4.78 is 2.06. The van der Waals surface area contributed by atoms with Gasteiger partial charge in [-0.3, -0.25) is 4.40 Å². The van der Waals surface area contributed by atoms with Gasteiger partial charge >= 0.3 is 0 Å². The summed E-state index contributed by atoms with van der Waals surface area (Å²) >= 11 is 6.02. The van der Waals surface area contributed by atoms with Gasteiger partial charge in [-0.2, -0.15) is 0 Å². The summed E-state index contributed by atoms with van der Waals surface area (Å²) in [6, 6.07) is 21.9. The summed E-state index contributed by atoms with van der Waals surface area (Å²) in [5.41, 5.74) is 4.92. The highest BCUT2D eigenvalue weighted by Crippen LogP contribution is 2.35. The van der Waals surface area contributed by atoms with Crippen LogP contribution in [0, 0.1) is 0 Å². The van der Waals surface area contributed by atoms with Crippen molar-refractivity contribution in [1.29, 1.82) is 0 Å². The van der Waals surface area contributed by atoms with Crippen molar-refractivity contribution in [2.75, 3.05) is 5.32 Å². The molecule has 2 aromatic carbocycles. The third-order valence-electron chi connectivity index (χ3n) is 4.48. The second kappa shape index (κ2) is 5.93. The van der Waals surface area contributed by atoms with Crippen LogP contribution in [0.3, 0.4) is 0 Å². The van der Waals surface area contributed by atoms with Crippen LogP contribution in [-0.4, -0.2) is 14.4 Å².